The number of nitrogens with two attached hydrogens (primary N) is 1. The summed E-state index contributed by atoms with van der Waals surface area (Å²) in [6.07, 6.45) is 3.62. The summed E-state index contributed by atoms with van der Waals surface area (Å²) in [5, 5.41) is 0. The molecule has 18 heavy (non-hydrogen) atoms. The average molecular weight is 269 g/mol. The highest BCUT2D eigenvalue weighted by Crippen LogP contribution is 2.23. The summed E-state index contributed by atoms with van der Waals surface area (Å²) in [4.78, 5) is 17.9. The molecule has 0 aliphatic rings. The van der Waals surface area contributed by atoms with E-state index >= 15 is 0 Å². The third kappa shape index (κ3) is 3.53. The van der Waals surface area contributed by atoms with E-state index in [1.807, 2.05) is 18.2 Å². The number of ether oxygens (including phenoxy) is 1. The van der Waals surface area contributed by atoms with Crippen molar-refractivity contribution < 1.29 is 9.53 Å². The molecule has 0 aliphatic heterocycles. The van der Waals surface area contributed by atoms with Gasteiger partial charge in [0.25, 0.3) is 0 Å². The summed E-state index contributed by atoms with van der Waals surface area (Å²) in [6.45, 7) is 2.92. The van der Waals surface area contributed by atoms with Crippen LogP contribution in [0.4, 0.5) is 11.5 Å². The van der Waals surface area contributed by atoms with E-state index in [2.05, 4.69) is 4.98 Å². The van der Waals surface area contributed by atoms with Crippen LogP contribution in [0.3, 0.4) is 0 Å². The first-order valence-electron chi connectivity index (χ1n) is 5.73. The van der Waals surface area contributed by atoms with Gasteiger partial charge in [-0.25, -0.2) is 9.78 Å². The number of esters is 1. The number of carbonyl (C=O) groups is 1. The Bertz CT molecular complexity index is 412. The second-order valence-electron chi connectivity index (χ2n) is 3.73. The van der Waals surface area contributed by atoms with E-state index in [1.54, 1.807) is 30.9 Å². The molecule has 0 saturated heterocycles. The van der Waals surface area contributed by atoms with Gasteiger partial charge in [-0.15, -0.1) is 0 Å². The van der Waals surface area contributed by atoms with Gasteiger partial charge in [-0.2, -0.15) is 11.8 Å². The molecule has 1 aromatic heterocycles. The summed E-state index contributed by atoms with van der Waals surface area (Å²) >= 11 is 1.75. The van der Waals surface area contributed by atoms with Crippen molar-refractivity contribution in [2.75, 3.05) is 42.8 Å². The van der Waals surface area contributed by atoms with E-state index in [9.17, 15) is 4.79 Å². The molecule has 0 fully saturated rings. The Morgan fingerprint density at radius 1 is 1.61 bits per heavy atom. The topological polar surface area (TPSA) is 68.5 Å². The first-order chi connectivity index (χ1) is 8.61. The number of anilines is 2. The number of nitrogen functional groups attached to an aromatic ring is 1. The monoisotopic (exact) mass is 269 g/mol. The lowest BCUT2D eigenvalue weighted by molar-refractivity contribution is 0.0527. The fourth-order valence-electron chi connectivity index (χ4n) is 1.49. The Morgan fingerprint density at radius 3 is 2.94 bits per heavy atom. The van der Waals surface area contributed by atoms with Gasteiger partial charge >= 0.3 is 5.97 Å². The van der Waals surface area contributed by atoms with Crippen LogP contribution in [-0.2, 0) is 4.74 Å². The number of hydrogen-bond donors (Lipinski definition) is 1. The van der Waals surface area contributed by atoms with Crippen molar-refractivity contribution in [3.63, 3.8) is 0 Å². The van der Waals surface area contributed by atoms with Crippen LogP contribution in [0.2, 0.25) is 0 Å². The number of aromatic nitrogens is 1. The Morgan fingerprint density at radius 2 is 2.33 bits per heavy atom. The van der Waals surface area contributed by atoms with Gasteiger partial charge in [0.05, 0.1) is 17.9 Å². The first kappa shape index (κ1) is 14.6. The first-order valence-corrected chi connectivity index (χ1v) is 7.12. The van der Waals surface area contributed by atoms with E-state index in [4.69, 9.17) is 10.5 Å². The van der Waals surface area contributed by atoms with Gasteiger partial charge in [-0.05, 0) is 19.2 Å². The zero-order valence-electron chi connectivity index (χ0n) is 11.0. The lowest BCUT2D eigenvalue weighted by Gasteiger charge is -2.20. The molecule has 100 valence electrons. The Balaban J connectivity index is 2.94. The molecule has 0 aliphatic carbocycles. The molecule has 1 aromatic rings. The molecular weight excluding hydrogens is 250 g/mol. The molecule has 0 atom stereocenters. The minimum Gasteiger partial charge on any atom is -0.462 e. The molecule has 0 saturated carbocycles. The number of rotatable bonds is 6. The van der Waals surface area contributed by atoms with E-state index in [0.29, 0.717) is 23.7 Å². The van der Waals surface area contributed by atoms with Crippen molar-refractivity contribution in [2.45, 2.75) is 6.92 Å². The van der Waals surface area contributed by atoms with Crippen LogP contribution in [0, 0.1) is 0 Å². The highest BCUT2D eigenvalue weighted by atomic mass is 32.2. The Kier molecular flexibility index (Phi) is 5.77. The molecule has 0 unspecified atom stereocenters. The fourth-order valence-corrected chi connectivity index (χ4v) is 1.94. The summed E-state index contributed by atoms with van der Waals surface area (Å²) in [7, 11) is 1.91. The zero-order chi connectivity index (χ0) is 13.5. The Hall–Kier alpha value is -1.43. The highest BCUT2D eigenvalue weighted by Gasteiger charge is 2.16. The van der Waals surface area contributed by atoms with Crippen LogP contribution in [-0.4, -0.2) is 43.2 Å². The SMILES string of the molecule is CCOC(=O)c1ccnc(N(C)CCSC)c1N. The summed E-state index contributed by atoms with van der Waals surface area (Å²) < 4.78 is 4.96. The second kappa shape index (κ2) is 7.10. The van der Waals surface area contributed by atoms with E-state index < -0.39 is 5.97 Å². The summed E-state index contributed by atoms with van der Waals surface area (Å²) in [5.74, 6) is 1.19. The van der Waals surface area contributed by atoms with Crippen molar-refractivity contribution in [3.05, 3.63) is 17.8 Å². The van der Waals surface area contributed by atoms with Gasteiger partial charge in [0.15, 0.2) is 5.82 Å². The van der Waals surface area contributed by atoms with Crippen molar-refractivity contribution in [2.24, 2.45) is 0 Å². The molecule has 0 amide bonds. The smallest absolute Gasteiger partial charge is 0.340 e. The molecule has 0 radical (unpaired) electrons. The second-order valence-corrected chi connectivity index (χ2v) is 4.72. The van der Waals surface area contributed by atoms with E-state index in [-0.39, 0.29) is 0 Å². The van der Waals surface area contributed by atoms with Crippen LogP contribution in [0.15, 0.2) is 12.3 Å². The normalized spacial score (nSPS) is 10.2. The molecule has 6 heteroatoms. The van der Waals surface area contributed by atoms with Crippen LogP contribution < -0.4 is 10.6 Å². The maximum atomic E-state index is 11.7. The zero-order valence-corrected chi connectivity index (χ0v) is 11.8. The maximum Gasteiger partial charge on any atom is 0.340 e. The van der Waals surface area contributed by atoms with Crippen molar-refractivity contribution >= 4 is 29.2 Å². The van der Waals surface area contributed by atoms with Gasteiger partial charge < -0.3 is 15.4 Å². The third-order valence-electron chi connectivity index (χ3n) is 2.46. The molecular formula is C12H19N3O2S. The van der Waals surface area contributed by atoms with Crippen LogP contribution in [0.1, 0.15) is 17.3 Å². The molecule has 2 N–H and O–H groups in total. The summed E-state index contributed by atoms with van der Waals surface area (Å²) in [5.41, 5.74) is 6.72. The number of pyridine rings is 1. The van der Waals surface area contributed by atoms with E-state index in [0.717, 1.165) is 12.3 Å². The fraction of sp³-hybridized carbons (Fsp3) is 0.500. The lowest BCUT2D eigenvalue weighted by atomic mass is 10.2. The number of hydrogen-bond acceptors (Lipinski definition) is 6. The van der Waals surface area contributed by atoms with Gasteiger partial charge in [-0.1, -0.05) is 0 Å². The number of carbonyl (C=O) groups excluding carboxylic acids is 1. The van der Waals surface area contributed by atoms with Crippen molar-refractivity contribution in [1.82, 2.24) is 4.98 Å². The predicted molar refractivity (Wildman–Crippen MR) is 76.3 cm³/mol. The minimum atomic E-state index is -0.406. The largest absolute Gasteiger partial charge is 0.462 e. The molecule has 0 spiro atoms. The molecule has 0 aromatic carbocycles. The van der Waals surface area contributed by atoms with Crippen molar-refractivity contribution in [1.29, 1.82) is 0 Å². The predicted octanol–water partition coefficient (Wildman–Crippen LogP) is 1.64. The number of nitrogens with zero attached hydrogens (tertiary/aromatic N) is 2. The maximum absolute atomic E-state index is 11.7. The highest BCUT2D eigenvalue weighted by molar-refractivity contribution is 7.98. The van der Waals surface area contributed by atoms with Crippen LogP contribution >= 0.6 is 11.8 Å². The lowest BCUT2D eigenvalue weighted by Crippen LogP contribution is -2.23. The molecule has 1 rings (SSSR count). The van der Waals surface area contributed by atoms with Crippen molar-refractivity contribution in [3.8, 4) is 0 Å². The standard InChI is InChI=1S/C12H19N3O2S/c1-4-17-12(16)9-5-6-14-11(10(9)13)15(2)7-8-18-3/h5-6H,4,7-8,13H2,1-3H3. The average Bonchev–Trinajstić information content (AvgIpc) is 2.36. The van der Waals surface area contributed by atoms with Gasteiger partial charge in [0.2, 0.25) is 0 Å². The molecule has 0 bridgehead atoms. The van der Waals surface area contributed by atoms with Crippen LogP contribution in [0.5, 0.6) is 0 Å². The third-order valence-corrected chi connectivity index (χ3v) is 3.05. The quantitative estimate of drug-likeness (QED) is 0.792. The minimum absolute atomic E-state index is 0.332. The van der Waals surface area contributed by atoms with Crippen LogP contribution in [0.25, 0.3) is 0 Å². The van der Waals surface area contributed by atoms with Gasteiger partial charge in [0.1, 0.15) is 0 Å². The summed E-state index contributed by atoms with van der Waals surface area (Å²) in [6, 6.07) is 1.58. The number of thioether (sulfide) groups is 1. The van der Waals surface area contributed by atoms with Gasteiger partial charge in [-0.3, -0.25) is 0 Å². The Labute approximate surface area is 112 Å². The molecule has 1 heterocycles. The van der Waals surface area contributed by atoms with Gasteiger partial charge in [0, 0.05) is 25.5 Å². The molecule has 5 nitrogen and oxygen atoms in total. The van der Waals surface area contributed by atoms with E-state index in [1.165, 1.54) is 0 Å².